The van der Waals surface area contributed by atoms with Gasteiger partial charge in [-0.2, -0.15) is 0 Å². The number of hydrogen-bond donors (Lipinski definition) is 1. The molecule has 2 unspecified atom stereocenters. The van der Waals surface area contributed by atoms with Crippen molar-refractivity contribution in [1.29, 1.82) is 0 Å². The third-order valence-electron chi connectivity index (χ3n) is 4.15. The van der Waals surface area contributed by atoms with Gasteiger partial charge in [0.25, 0.3) is 0 Å². The van der Waals surface area contributed by atoms with E-state index in [1.807, 2.05) is 0 Å². The van der Waals surface area contributed by atoms with Crippen molar-refractivity contribution in [3.05, 3.63) is 35.4 Å². The lowest BCUT2D eigenvalue weighted by Crippen LogP contribution is -2.43. The average molecular weight is 246 g/mol. The van der Waals surface area contributed by atoms with Crippen molar-refractivity contribution >= 4 is 0 Å². The highest BCUT2D eigenvalue weighted by molar-refractivity contribution is 5.27. The van der Waals surface area contributed by atoms with Crippen molar-refractivity contribution in [3.63, 3.8) is 0 Å². The normalized spacial score (nSPS) is 27.6. The van der Waals surface area contributed by atoms with Gasteiger partial charge in [-0.25, -0.2) is 0 Å². The van der Waals surface area contributed by atoms with E-state index in [4.69, 9.17) is 10.5 Å². The topological polar surface area (TPSA) is 38.5 Å². The monoisotopic (exact) mass is 246 g/mol. The standard InChI is InChI=1S/C15H22N2O/c16-9-13-4-2-1-3-12(13)7-8-17-10-14-5-6-15(11-17)18-14/h1-4,14-15H,5-11,16H2. The first-order valence-corrected chi connectivity index (χ1v) is 7.00. The molecule has 3 nitrogen and oxygen atoms in total. The molecule has 2 fully saturated rings. The molecule has 2 bridgehead atoms. The molecule has 2 aliphatic heterocycles. The number of ether oxygens (including phenoxy) is 1. The van der Waals surface area contributed by atoms with Crippen LogP contribution in [0.2, 0.25) is 0 Å². The molecule has 0 amide bonds. The number of likely N-dealkylation sites (tertiary alicyclic amines) is 1. The summed E-state index contributed by atoms with van der Waals surface area (Å²) in [5.74, 6) is 0. The van der Waals surface area contributed by atoms with Gasteiger partial charge in [-0.3, -0.25) is 4.90 Å². The fourth-order valence-electron chi connectivity index (χ4n) is 3.16. The van der Waals surface area contributed by atoms with E-state index in [1.165, 1.54) is 24.0 Å². The molecular weight excluding hydrogens is 224 g/mol. The van der Waals surface area contributed by atoms with Crippen molar-refractivity contribution < 1.29 is 4.74 Å². The Morgan fingerprint density at radius 2 is 1.78 bits per heavy atom. The lowest BCUT2D eigenvalue weighted by atomic mass is 10.0. The molecule has 0 spiro atoms. The molecule has 3 heteroatoms. The summed E-state index contributed by atoms with van der Waals surface area (Å²) in [4.78, 5) is 2.55. The highest BCUT2D eigenvalue weighted by atomic mass is 16.5. The van der Waals surface area contributed by atoms with Crippen LogP contribution >= 0.6 is 0 Å². The van der Waals surface area contributed by atoms with E-state index < -0.39 is 0 Å². The number of fused-ring (bicyclic) bond motifs is 2. The van der Waals surface area contributed by atoms with Crippen LogP contribution in [0.4, 0.5) is 0 Å². The highest BCUT2D eigenvalue weighted by Gasteiger charge is 2.33. The van der Waals surface area contributed by atoms with E-state index in [-0.39, 0.29) is 0 Å². The third kappa shape index (κ3) is 2.58. The fraction of sp³-hybridized carbons (Fsp3) is 0.600. The Bertz CT molecular complexity index is 395. The molecule has 0 radical (unpaired) electrons. The Kier molecular flexibility index (Phi) is 3.64. The molecule has 0 saturated carbocycles. The predicted molar refractivity (Wildman–Crippen MR) is 72.4 cm³/mol. The van der Waals surface area contributed by atoms with Crippen LogP contribution in [-0.2, 0) is 17.7 Å². The minimum atomic E-state index is 0.494. The summed E-state index contributed by atoms with van der Waals surface area (Å²) < 4.78 is 5.86. The Labute approximate surface area is 109 Å². The summed E-state index contributed by atoms with van der Waals surface area (Å²) in [6.45, 7) is 4.00. The van der Waals surface area contributed by atoms with Gasteiger partial charge in [0.1, 0.15) is 0 Å². The van der Waals surface area contributed by atoms with Crippen molar-refractivity contribution in [3.8, 4) is 0 Å². The molecule has 3 rings (SSSR count). The molecule has 2 aliphatic rings. The van der Waals surface area contributed by atoms with Crippen molar-refractivity contribution in [1.82, 2.24) is 4.90 Å². The number of hydrogen-bond acceptors (Lipinski definition) is 3. The smallest absolute Gasteiger partial charge is 0.0707 e. The summed E-state index contributed by atoms with van der Waals surface area (Å²) in [5.41, 5.74) is 8.47. The van der Waals surface area contributed by atoms with E-state index in [1.54, 1.807) is 0 Å². The fourth-order valence-corrected chi connectivity index (χ4v) is 3.16. The van der Waals surface area contributed by atoms with Crippen molar-refractivity contribution in [2.75, 3.05) is 19.6 Å². The summed E-state index contributed by atoms with van der Waals surface area (Å²) in [6, 6.07) is 8.52. The average Bonchev–Trinajstić information content (AvgIpc) is 2.76. The molecule has 2 saturated heterocycles. The first-order valence-electron chi connectivity index (χ1n) is 7.00. The van der Waals surface area contributed by atoms with Crippen LogP contribution in [0.25, 0.3) is 0 Å². The zero-order chi connectivity index (χ0) is 12.4. The van der Waals surface area contributed by atoms with Crippen molar-refractivity contribution in [2.45, 2.75) is 38.0 Å². The van der Waals surface area contributed by atoms with E-state index in [0.717, 1.165) is 26.1 Å². The van der Waals surface area contributed by atoms with Gasteiger partial charge in [-0.05, 0) is 30.4 Å². The number of nitrogens with two attached hydrogens (primary N) is 1. The second-order valence-electron chi connectivity index (χ2n) is 5.44. The molecule has 98 valence electrons. The van der Waals surface area contributed by atoms with Crippen LogP contribution in [0.5, 0.6) is 0 Å². The van der Waals surface area contributed by atoms with Crippen molar-refractivity contribution in [2.24, 2.45) is 5.73 Å². The molecule has 18 heavy (non-hydrogen) atoms. The minimum Gasteiger partial charge on any atom is -0.372 e. The molecule has 2 atom stereocenters. The predicted octanol–water partition coefficient (Wildman–Crippen LogP) is 1.55. The minimum absolute atomic E-state index is 0.494. The van der Waals surface area contributed by atoms with E-state index in [2.05, 4.69) is 29.2 Å². The van der Waals surface area contributed by atoms with E-state index in [0.29, 0.717) is 18.8 Å². The Balaban J connectivity index is 1.58. The Hall–Kier alpha value is -0.900. The van der Waals surface area contributed by atoms with Gasteiger partial charge in [-0.15, -0.1) is 0 Å². The summed E-state index contributed by atoms with van der Waals surface area (Å²) >= 11 is 0. The second-order valence-corrected chi connectivity index (χ2v) is 5.44. The number of rotatable bonds is 4. The summed E-state index contributed by atoms with van der Waals surface area (Å²) in [7, 11) is 0. The molecule has 2 heterocycles. The molecule has 1 aromatic carbocycles. The summed E-state index contributed by atoms with van der Waals surface area (Å²) in [6.07, 6.45) is 4.59. The van der Waals surface area contributed by atoms with Gasteiger partial charge in [0.15, 0.2) is 0 Å². The van der Waals surface area contributed by atoms with Crippen LogP contribution in [-0.4, -0.2) is 36.7 Å². The molecule has 0 aliphatic carbocycles. The van der Waals surface area contributed by atoms with Crippen LogP contribution < -0.4 is 5.73 Å². The zero-order valence-electron chi connectivity index (χ0n) is 10.8. The number of benzene rings is 1. The molecular formula is C15H22N2O. The van der Waals surface area contributed by atoms with Gasteiger partial charge in [0, 0.05) is 26.2 Å². The van der Waals surface area contributed by atoms with Gasteiger partial charge in [0.05, 0.1) is 12.2 Å². The van der Waals surface area contributed by atoms with Crippen LogP contribution in [0.15, 0.2) is 24.3 Å². The maximum Gasteiger partial charge on any atom is 0.0707 e. The maximum absolute atomic E-state index is 5.86. The molecule has 2 N–H and O–H groups in total. The van der Waals surface area contributed by atoms with E-state index >= 15 is 0 Å². The van der Waals surface area contributed by atoms with Gasteiger partial charge >= 0.3 is 0 Å². The van der Waals surface area contributed by atoms with Crippen LogP contribution in [0, 0.1) is 0 Å². The maximum atomic E-state index is 5.86. The van der Waals surface area contributed by atoms with Gasteiger partial charge < -0.3 is 10.5 Å². The first-order chi connectivity index (χ1) is 8.85. The zero-order valence-corrected chi connectivity index (χ0v) is 10.8. The highest BCUT2D eigenvalue weighted by Crippen LogP contribution is 2.26. The Morgan fingerprint density at radius 3 is 2.44 bits per heavy atom. The lowest BCUT2D eigenvalue weighted by Gasteiger charge is -2.32. The van der Waals surface area contributed by atoms with Gasteiger partial charge in [0.2, 0.25) is 0 Å². The number of nitrogens with zero attached hydrogens (tertiary/aromatic N) is 1. The van der Waals surface area contributed by atoms with Crippen LogP contribution in [0.3, 0.4) is 0 Å². The van der Waals surface area contributed by atoms with Gasteiger partial charge in [-0.1, -0.05) is 24.3 Å². The SMILES string of the molecule is NCc1ccccc1CCN1CC2CCC(C1)O2. The molecule has 1 aromatic rings. The number of morpholine rings is 1. The lowest BCUT2D eigenvalue weighted by molar-refractivity contribution is -0.0377. The second kappa shape index (κ2) is 5.39. The largest absolute Gasteiger partial charge is 0.372 e. The molecule has 0 aromatic heterocycles. The quantitative estimate of drug-likeness (QED) is 0.876. The van der Waals surface area contributed by atoms with Crippen LogP contribution in [0.1, 0.15) is 24.0 Å². The summed E-state index contributed by atoms with van der Waals surface area (Å²) in [5, 5.41) is 0. The first kappa shape index (κ1) is 12.2. The Morgan fingerprint density at radius 1 is 1.11 bits per heavy atom. The third-order valence-corrected chi connectivity index (χ3v) is 4.15. The van der Waals surface area contributed by atoms with E-state index in [9.17, 15) is 0 Å².